The fourth-order valence-electron chi connectivity index (χ4n) is 3.24. The van der Waals surface area contributed by atoms with Crippen molar-refractivity contribution < 1.29 is 4.79 Å². The molecule has 2 aromatic rings. The molecule has 3 rings (SSSR count). The molecule has 22 heavy (non-hydrogen) atoms. The zero-order chi connectivity index (χ0) is 15.4. The van der Waals surface area contributed by atoms with E-state index in [2.05, 4.69) is 48.6 Å². The largest absolute Gasteiger partial charge is 0.352 e. The number of nitrogens with one attached hydrogen (secondary N) is 1. The molecule has 1 fully saturated rings. The van der Waals surface area contributed by atoms with Gasteiger partial charge >= 0.3 is 0 Å². The van der Waals surface area contributed by atoms with Crippen molar-refractivity contribution in [1.82, 2.24) is 5.32 Å². The van der Waals surface area contributed by atoms with Crippen LogP contribution in [0.25, 0.3) is 10.8 Å². The predicted octanol–water partition coefficient (Wildman–Crippen LogP) is 4.63. The molecule has 0 spiro atoms. The van der Waals surface area contributed by atoms with Gasteiger partial charge in [0.2, 0.25) is 5.91 Å². The molecule has 1 N–H and O–H groups in total. The summed E-state index contributed by atoms with van der Waals surface area (Å²) in [5.41, 5.74) is 0. The van der Waals surface area contributed by atoms with Crippen LogP contribution in [-0.2, 0) is 4.79 Å². The van der Waals surface area contributed by atoms with E-state index in [0.29, 0.717) is 17.7 Å². The molecule has 1 aliphatic rings. The van der Waals surface area contributed by atoms with E-state index in [4.69, 9.17) is 0 Å². The monoisotopic (exact) mass is 313 g/mol. The van der Waals surface area contributed by atoms with Crippen LogP contribution >= 0.6 is 11.8 Å². The number of hydrogen-bond donors (Lipinski definition) is 1. The minimum Gasteiger partial charge on any atom is -0.352 e. The summed E-state index contributed by atoms with van der Waals surface area (Å²) in [6.45, 7) is 2.25. The van der Waals surface area contributed by atoms with Crippen molar-refractivity contribution in [3.8, 4) is 0 Å². The molecule has 0 heterocycles. The summed E-state index contributed by atoms with van der Waals surface area (Å²) in [4.78, 5) is 13.4. The molecule has 116 valence electrons. The van der Waals surface area contributed by atoms with E-state index in [0.717, 1.165) is 6.42 Å². The topological polar surface area (TPSA) is 29.1 Å². The van der Waals surface area contributed by atoms with Gasteiger partial charge in [-0.2, -0.15) is 0 Å². The fourth-order valence-corrected chi connectivity index (χ4v) is 4.13. The highest BCUT2D eigenvalue weighted by Crippen LogP contribution is 2.28. The Morgan fingerprint density at radius 1 is 1.14 bits per heavy atom. The van der Waals surface area contributed by atoms with Crippen LogP contribution in [0, 0.1) is 5.92 Å². The number of benzene rings is 2. The standard InChI is InChI=1S/C19H23NOS/c1-14-7-2-5-11-17(14)20-19(21)13-22-18-12-6-9-15-8-3-4-10-16(15)18/h3-4,6,8-10,12,14,17H,2,5,7,11,13H2,1H3,(H,20,21)/t14-,17+/m1/s1. The fraction of sp³-hybridized carbons (Fsp3) is 0.421. The third kappa shape index (κ3) is 3.64. The first kappa shape index (κ1) is 15.4. The zero-order valence-corrected chi connectivity index (χ0v) is 13.9. The Bertz CT molecular complexity index is 649. The molecule has 0 saturated heterocycles. The molecule has 2 nitrogen and oxygen atoms in total. The first-order valence-electron chi connectivity index (χ1n) is 8.14. The lowest BCUT2D eigenvalue weighted by Gasteiger charge is -2.29. The number of carbonyl (C=O) groups is 1. The molecule has 3 heteroatoms. The maximum atomic E-state index is 12.2. The number of thioether (sulfide) groups is 1. The van der Waals surface area contributed by atoms with Crippen molar-refractivity contribution in [1.29, 1.82) is 0 Å². The number of carbonyl (C=O) groups excluding carboxylic acids is 1. The van der Waals surface area contributed by atoms with Crippen molar-refractivity contribution in [2.24, 2.45) is 5.92 Å². The molecule has 0 radical (unpaired) electrons. The molecule has 0 unspecified atom stereocenters. The Balaban J connectivity index is 1.60. The van der Waals surface area contributed by atoms with E-state index in [1.54, 1.807) is 11.8 Å². The van der Waals surface area contributed by atoms with Crippen molar-refractivity contribution in [2.75, 3.05) is 5.75 Å². The summed E-state index contributed by atoms with van der Waals surface area (Å²) in [5.74, 6) is 1.27. The summed E-state index contributed by atoms with van der Waals surface area (Å²) >= 11 is 1.64. The van der Waals surface area contributed by atoms with Crippen LogP contribution in [0.1, 0.15) is 32.6 Å². The van der Waals surface area contributed by atoms with Crippen LogP contribution in [-0.4, -0.2) is 17.7 Å². The molecule has 1 saturated carbocycles. The second-order valence-corrected chi connectivity index (χ2v) is 7.22. The Morgan fingerprint density at radius 3 is 2.77 bits per heavy atom. The molecule has 2 atom stereocenters. The Labute approximate surface area is 136 Å². The molecular formula is C19H23NOS. The Morgan fingerprint density at radius 2 is 1.91 bits per heavy atom. The molecule has 1 amide bonds. The van der Waals surface area contributed by atoms with E-state index in [1.165, 1.54) is 34.9 Å². The van der Waals surface area contributed by atoms with Gasteiger partial charge in [-0.15, -0.1) is 11.8 Å². The maximum Gasteiger partial charge on any atom is 0.230 e. The third-order valence-electron chi connectivity index (χ3n) is 4.57. The lowest BCUT2D eigenvalue weighted by atomic mass is 9.86. The highest BCUT2D eigenvalue weighted by molar-refractivity contribution is 8.00. The third-order valence-corrected chi connectivity index (χ3v) is 5.64. The van der Waals surface area contributed by atoms with Gasteiger partial charge in [0.15, 0.2) is 0 Å². The molecule has 1 aliphatic carbocycles. The summed E-state index contributed by atoms with van der Waals surface area (Å²) in [7, 11) is 0. The Hall–Kier alpha value is -1.48. The van der Waals surface area contributed by atoms with Crippen LogP contribution < -0.4 is 5.32 Å². The number of rotatable bonds is 4. The van der Waals surface area contributed by atoms with Gasteiger partial charge in [0, 0.05) is 10.9 Å². The van der Waals surface area contributed by atoms with Gasteiger partial charge < -0.3 is 5.32 Å². The van der Waals surface area contributed by atoms with Crippen LogP contribution in [0.3, 0.4) is 0 Å². The summed E-state index contributed by atoms with van der Waals surface area (Å²) in [6, 6.07) is 15.0. The highest BCUT2D eigenvalue weighted by Gasteiger charge is 2.22. The first-order valence-corrected chi connectivity index (χ1v) is 9.12. The second-order valence-electron chi connectivity index (χ2n) is 6.20. The molecule has 2 aromatic carbocycles. The van der Waals surface area contributed by atoms with Crippen molar-refractivity contribution in [2.45, 2.75) is 43.5 Å². The minimum absolute atomic E-state index is 0.164. The summed E-state index contributed by atoms with van der Waals surface area (Å²) < 4.78 is 0. The maximum absolute atomic E-state index is 12.2. The van der Waals surface area contributed by atoms with Gasteiger partial charge in [0.25, 0.3) is 0 Å². The molecule has 0 bridgehead atoms. The molecule has 0 aromatic heterocycles. The SMILES string of the molecule is C[C@@H]1CCCC[C@@H]1NC(=O)CSc1cccc2ccccc12. The first-order chi connectivity index (χ1) is 10.7. The lowest BCUT2D eigenvalue weighted by molar-refractivity contribution is -0.119. The minimum atomic E-state index is 0.164. The van der Waals surface area contributed by atoms with Crippen molar-refractivity contribution >= 4 is 28.4 Å². The van der Waals surface area contributed by atoms with Gasteiger partial charge in [-0.3, -0.25) is 4.79 Å². The van der Waals surface area contributed by atoms with Gasteiger partial charge in [0.1, 0.15) is 0 Å². The van der Waals surface area contributed by atoms with E-state index in [1.807, 2.05) is 6.07 Å². The number of fused-ring (bicyclic) bond motifs is 1. The quantitative estimate of drug-likeness (QED) is 0.834. The average Bonchev–Trinajstić information content (AvgIpc) is 2.55. The average molecular weight is 313 g/mol. The lowest BCUT2D eigenvalue weighted by Crippen LogP contribution is -2.41. The summed E-state index contributed by atoms with van der Waals surface area (Å²) in [5, 5.41) is 5.69. The van der Waals surface area contributed by atoms with Gasteiger partial charge in [-0.05, 0) is 35.6 Å². The van der Waals surface area contributed by atoms with Crippen molar-refractivity contribution in [3.63, 3.8) is 0 Å². The number of amides is 1. The summed E-state index contributed by atoms with van der Waals surface area (Å²) in [6.07, 6.45) is 4.91. The van der Waals surface area contributed by atoms with Crippen LogP contribution in [0.5, 0.6) is 0 Å². The van der Waals surface area contributed by atoms with Gasteiger partial charge in [0.05, 0.1) is 5.75 Å². The smallest absolute Gasteiger partial charge is 0.230 e. The van der Waals surface area contributed by atoms with Crippen molar-refractivity contribution in [3.05, 3.63) is 42.5 Å². The Kier molecular flexibility index (Phi) is 5.04. The van der Waals surface area contributed by atoms with Crippen LogP contribution in [0.15, 0.2) is 47.4 Å². The highest BCUT2D eigenvalue weighted by atomic mass is 32.2. The normalized spacial score (nSPS) is 21.7. The van der Waals surface area contributed by atoms with Crippen LogP contribution in [0.4, 0.5) is 0 Å². The van der Waals surface area contributed by atoms with E-state index in [-0.39, 0.29) is 5.91 Å². The molecular weight excluding hydrogens is 290 g/mol. The zero-order valence-electron chi connectivity index (χ0n) is 13.0. The van der Waals surface area contributed by atoms with E-state index >= 15 is 0 Å². The second kappa shape index (κ2) is 7.19. The molecule has 0 aliphatic heterocycles. The van der Waals surface area contributed by atoms with Gasteiger partial charge in [-0.25, -0.2) is 0 Å². The van der Waals surface area contributed by atoms with Crippen LogP contribution in [0.2, 0.25) is 0 Å². The van der Waals surface area contributed by atoms with Gasteiger partial charge in [-0.1, -0.05) is 56.2 Å². The van der Waals surface area contributed by atoms with E-state index < -0.39 is 0 Å². The number of hydrogen-bond acceptors (Lipinski definition) is 2. The predicted molar refractivity (Wildman–Crippen MR) is 94.2 cm³/mol. The van der Waals surface area contributed by atoms with E-state index in [9.17, 15) is 4.79 Å².